The summed E-state index contributed by atoms with van der Waals surface area (Å²) in [5, 5.41) is 16.6. The Bertz CT molecular complexity index is 122. The van der Waals surface area contributed by atoms with Crippen LogP contribution in [-0.2, 0) is 0 Å². The fourth-order valence-corrected chi connectivity index (χ4v) is 0.253. The summed E-state index contributed by atoms with van der Waals surface area (Å²) in [5.41, 5.74) is 0. The maximum absolute atomic E-state index is 8.59. The van der Waals surface area contributed by atoms with E-state index in [2.05, 4.69) is 6.58 Å². The van der Waals surface area contributed by atoms with Gasteiger partial charge in [0.1, 0.15) is 5.76 Å². The van der Waals surface area contributed by atoms with Crippen LogP contribution in [0, 0.1) is 0 Å². The molecule has 2 heteroatoms. The molecule has 0 aromatic heterocycles. The average Bonchev–Trinajstić information content (AvgIpc) is 1.68. The van der Waals surface area contributed by atoms with Crippen molar-refractivity contribution in [2.45, 2.75) is 0 Å². The first-order valence-corrected chi connectivity index (χ1v) is 2.13. The lowest BCUT2D eigenvalue weighted by atomic mass is 10.4. The molecule has 0 bridgehead atoms. The Labute approximate surface area is 48.1 Å². The van der Waals surface area contributed by atoms with E-state index in [1.54, 1.807) is 0 Å². The van der Waals surface area contributed by atoms with Crippen LogP contribution >= 0.6 is 0 Å². The number of allylic oxidation sites excluding steroid dienone is 3. The predicted octanol–water partition coefficient (Wildman–Crippen LogP) is 1.69. The van der Waals surface area contributed by atoms with E-state index in [-0.39, 0.29) is 5.76 Å². The molecule has 0 aliphatic carbocycles. The third-order valence-corrected chi connectivity index (χ3v) is 0.534. The molecule has 0 aromatic carbocycles. The number of rotatable bonds is 2. The number of aliphatic hydroxyl groups excluding tert-OH is 2. The van der Waals surface area contributed by atoms with Crippen LogP contribution in [0.4, 0.5) is 0 Å². The molecule has 0 spiro atoms. The normalized spacial score (nSPS) is 12.2. The van der Waals surface area contributed by atoms with E-state index in [0.29, 0.717) is 0 Å². The van der Waals surface area contributed by atoms with E-state index in [9.17, 15) is 0 Å². The highest BCUT2D eigenvalue weighted by atomic mass is 16.3. The minimum absolute atomic E-state index is 0.0116. The monoisotopic (exact) mass is 112 g/mol. The summed E-state index contributed by atoms with van der Waals surface area (Å²) in [4.78, 5) is 0. The first-order valence-electron chi connectivity index (χ1n) is 2.13. The van der Waals surface area contributed by atoms with Gasteiger partial charge < -0.3 is 10.2 Å². The highest BCUT2D eigenvalue weighted by Gasteiger charge is 1.76. The fraction of sp³-hybridized carbons (Fsp3) is 0. The molecule has 0 saturated carbocycles. The maximum Gasteiger partial charge on any atom is 0.118 e. The van der Waals surface area contributed by atoms with Gasteiger partial charge in [0.25, 0.3) is 0 Å². The molecule has 0 atom stereocenters. The summed E-state index contributed by atoms with van der Waals surface area (Å²) in [5.74, 6) is -0.0116. The molecule has 0 saturated heterocycles. The van der Waals surface area contributed by atoms with Crippen LogP contribution in [0.5, 0.6) is 0 Å². The molecule has 0 aliphatic rings. The van der Waals surface area contributed by atoms with Crippen LogP contribution in [0.25, 0.3) is 0 Å². The predicted molar refractivity (Wildman–Crippen MR) is 32.7 cm³/mol. The molecule has 44 valence electrons. The Morgan fingerprint density at radius 2 is 2.12 bits per heavy atom. The van der Waals surface area contributed by atoms with E-state index in [1.165, 1.54) is 12.2 Å². The lowest BCUT2D eigenvalue weighted by molar-refractivity contribution is 0.420. The second-order valence-electron chi connectivity index (χ2n) is 1.14. The van der Waals surface area contributed by atoms with Gasteiger partial charge in [-0.05, 0) is 6.08 Å². The maximum atomic E-state index is 8.59. The van der Waals surface area contributed by atoms with Crippen LogP contribution in [-0.4, -0.2) is 10.2 Å². The van der Waals surface area contributed by atoms with Crippen LogP contribution in [0.2, 0.25) is 0 Å². The van der Waals surface area contributed by atoms with Crippen molar-refractivity contribution < 1.29 is 10.2 Å². The van der Waals surface area contributed by atoms with Crippen LogP contribution in [0.3, 0.4) is 0 Å². The quantitative estimate of drug-likeness (QED) is 0.421. The van der Waals surface area contributed by atoms with Gasteiger partial charge in [0, 0.05) is 6.08 Å². The van der Waals surface area contributed by atoms with Gasteiger partial charge in [-0.1, -0.05) is 12.7 Å². The van der Waals surface area contributed by atoms with Gasteiger partial charge in [0.15, 0.2) is 0 Å². The van der Waals surface area contributed by atoms with E-state index in [0.717, 1.165) is 12.3 Å². The van der Waals surface area contributed by atoms with Crippen LogP contribution in [0.15, 0.2) is 36.8 Å². The summed E-state index contributed by atoms with van der Waals surface area (Å²) < 4.78 is 0. The first kappa shape index (κ1) is 6.82. The molecule has 2 nitrogen and oxygen atoms in total. The van der Waals surface area contributed by atoms with Gasteiger partial charge in [-0.25, -0.2) is 0 Å². The van der Waals surface area contributed by atoms with Gasteiger partial charge in [0.2, 0.25) is 0 Å². The Morgan fingerprint density at radius 1 is 1.50 bits per heavy atom. The van der Waals surface area contributed by atoms with Crippen molar-refractivity contribution in [1.29, 1.82) is 0 Å². The minimum atomic E-state index is -0.0116. The average molecular weight is 112 g/mol. The SMILES string of the molecule is C=C/C=C(O)\C=C\O. The summed E-state index contributed by atoms with van der Waals surface area (Å²) in [7, 11) is 0. The Morgan fingerprint density at radius 3 is 2.50 bits per heavy atom. The highest BCUT2D eigenvalue weighted by Crippen LogP contribution is 1.87. The van der Waals surface area contributed by atoms with Crippen molar-refractivity contribution in [3.05, 3.63) is 36.8 Å². The third-order valence-electron chi connectivity index (χ3n) is 0.534. The molecular weight excluding hydrogens is 104 g/mol. The standard InChI is InChI=1S/C6H8O2/c1-2-3-6(8)4-5-7/h2-5,7-8H,1H2/b5-4+,6-3+. The molecule has 8 heavy (non-hydrogen) atoms. The summed E-state index contributed by atoms with van der Waals surface area (Å²) >= 11 is 0. The van der Waals surface area contributed by atoms with Gasteiger partial charge in [-0.3, -0.25) is 0 Å². The number of aliphatic hydroxyl groups is 2. The molecule has 0 amide bonds. The Hall–Kier alpha value is -1.18. The Balaban J connectivity index is 3.79. The van der Waals surface area contributed by atoms with Gasteiger partial charge in [-0.15, -0.1) is 0 Å². The van der Waals surface area contributed by atoms with Crippen molar-refractivity contribution in [2.75, 3.05) is 0 Å². The smallest absolute Gasteiger partial charge is 0.118 e. The summed E-state index contributed by atoms with van der Waals surface area (Å²) in [6, 6.07) is 0. The zero-order valence-electron chi connectivity index (χ0n) is 4.41. The molecule has 0 fully saturated rings. The molecule has 0 aromatic rings. The summed E-state index contributed by atoms with van der Waals surface area (Å²) in [6.07, 6.45) is 4.71. The van der Waals surface area contributed by atoms with Crippen molar-refractivity contribution >= 4 is 0 Å². The van der Waals surface area contributed by atoms with Crippen molar-refractivity contribution in [1.82, 2.24) is 0 Å². The largest absolute Gasteiger partial charge is 0.515 e. The molecule has 0 radical (unpaired) electrons. The molecule has 0 rings (SSSR count). The van der Waals surface area contributed by atoms with Crippen molar-refractivity contribution in [3.63, 3.8) is 0 Å². The molecule has 0 unspecified atom stereocenters. The number of hydrogen-bond donors (Lipinski definition) is 2. The zero-order valence-corrected chi connectivity index (χ0v) is 4.41. The molecule has 2 N–H and O–H groups in total. The Kier molecular flexibility index (Phi) is 3.40. The lowest BCUT2D eigenvalue weighted by Gasteiger charge is -1.82. The van der Waals surface area contributed by atoms with E-state index in [4.69, 9.17) is 10.2 Å². The lowest BCUT2D eigenvalue weighted by Crippen LogP contribution is -1.69. The second-order valence-corrected chi connectivity index (χ2v) is 1.14. The molecule has 0 aliphatic heterocycles. The van der Waals surface area contributed by atoms with Gasteiger partial charge in [-0.2, -0.15) is 0 Å². The van der Waals surface area contributed by atoms with E-state index in [1.807, 2.05) is 0 Å². The van der Waals surface area contributed by atoms with Gasteiger partial charge in [0.05, 0.1) is 6.26 Å². The van der Waals surface area contributed by atoms with Crippen molar-refractivity contribution in [3.8, 4) is 0 Å². The van der Waals surface area contributed by atoms with Crippen molar-refractivity contribution in [2.24, 2.45) is 0 Å². The van der Waals surface area contributed by atoms with Crippen LogP contribution < -0.4 is 0 Å². The topological polar surface area (TPSA) is 40.5 Å². The first-order chi connectivity index (χ1) is 3.81. The molecular formula is C6H8O2. The highest BCUT2D eigenvalue weighted by molar-refractivity contribution is 5.13. The second kappa shape index (κ2) is 3.99. The van der Waals surface area contributed by atoms with E-state index < -0.39 is 0 Å². The van der Waals surface area contributed by atoms with E-state index >= 15 is 0 Å². The number of hydrogen-bond acceptors (Lipinski definition) is 2. The summed E-state index contributed by atoms with van der Waals surface area (Å²) in [6.45, 7) is 3.33. The zero-order chi connectivity index (χ0) is 6.41. The molecule has 0 heterocycles. The fourth-order valence-electron chi connectivity index (χ4n) is 0.253. The minimum Gasteiger partial charge on any atom is -0.515 e. The van der Waals surface area contributed by atoms with Gasteiger partial charge >= 0.3 is 0 Å². The van der Waals surface area contributed by atoms with Crippen LogP contribution in [0.1, 0.15) is 0 Å². The third kappa shape index (κ3) is 3.03.